The van der Waals surface area contributed by atoms with Gasteiger partial charge in [0.2, 0.25) is 0 Å². The zero-order valence-electron chi connectivity index (χ0n) is 32.1. The molecule has 2 aromatic heterocycles. The van der Waals surface area contributed by atoms with Crippen molar-refractivity contribution < 1.29 is 0 Å². The van der Waals surface area contributed by atoms with Crippen LogP contribution >= 0.6 is 11.3 Å². The topological polar surface area (TPSA) is 38.7 Å². The Balaban J connectivity index is 1.10. The highest BCUT2D eigenvalue weighted by Gasteiger charge is 2.35. The van der Waals surface area contributed by atoms with E-state index in [9.17, 15) is 0 Å². The zero-order chi connectivity index (χ0) is 38.8. The van der Waals surface area contributed by atoms with Crippen molar-refractivity contribution in [2.24, 2.45) is 0 Å². The Morgan fingerprint density at radius 3 is 1.41 bits per heavy atom. The van der Waals surface area contributed by atoms with Crippen LogP contribution in [0.15, 0.2) is 188 Å². The quantitative estimate of drug-likeness (QED) is 0.169. The average Bonchev–Trinajstić information content (AvgIpc) is 3.79. The maximum absolute atomic E-state index is 5.14. The number of thiophene rings is 1. The summed E-state index contributed by atoms with van der Waals surface area (Å²) in [5.41, 5.74) is 15.3. The van der Waals surface area contributed by atoms with E-state index in [1.807, 2.05) is 47.7 Å². The standard InChI is InChI=1S/C54H37N3S/c1-54(2)47-27-13-12-22-43(47)44-29-28-37(33-48(44)54)41-23-14-25-45-46-26-15-24-42(50(46)58-49(41)45)39-30-38(34-16-6-3-7-17-34)31-40(32-39)53-56-51(35-18-8-4-9-19-35)55-52(57-53)36-20-10-5-11-21-36/h3-33H,1-2H3. The van der Waals surface area contributed by atoms with E-state index in [1.165, 1.54) is 59.1 Å². The van der Waals surface area contributed by atoms with Crippen molar-refractivity contribution in [3.05, 3.63) is 199 Å². The van der Waals surface area contributed by atoms with Gasteiger partial charge < -0.3 is 0 Å². The molecule has 274 valence electrons. The molecule has 10 aromatic rings. The molecule has 0 aliphatic heterocycles. The van der Waals surface area contributed by atoms with E-state index < -0.39 is 0 Å². The fourth-order valence-corrected chi connectivity index (χ4v) is 10.2. The lowest BCUT2D eigenvalue weighted by atomic mass is 9.81. The predicted octanol–water partition coefficient (Wildman–Crippen LogP) is 14.5. The lowest BCUT2D eigenvalue weighted by Gasteiger charge is -2.22. The van der Waals surface area contributed by atoms with Gasteiger partial charge in [0.25, 0.3) is 0 Å². The molecule has 1 aliphatic rings. The first-order chi connectivity index (χ1) is 28.5. The molecule has 11 rings (SSSR count). The molecule has 8 aromatic carbocycles. The molecule has 0 unspecified atom stereocenters. The minimum absolute atomic E-state index is 0.0626. The smallest absolute Gasteiger partial charge is 0.164 e. The predicted molar refractivity (Wildman–Crippen MR) is 243 cm³/mol. The molecule has 58 heavy (non-hydrogen) atoms. The summed E-state index contributed by atoms with van der Waals surface area (Å²) < 4.78 is 2.57. The molecular formula is C54H37N3S. The second-order valence-corrected chi connectivity index (χ2v) is 16.6. The Bertz CT molecular complexity index is 3130. The summed E-state index contributed by atoms with van der Waals surface area (Å²) in [6, 6.07) is 67.2. The highest BCUT2D eigenvalue weighted by atomic mass is 32.1. The molecule has 4 heteroatoms. The largest absolute Gasteiger partial charge is 0.208 e. The van der Waals surface area contributed by atoms with Gasteiger partial charge in [-0.3, -0.25) is 0 Å². The monoisotopic (exact) mass is 759 g/mol. The number of hydrogen-bond acceptors (Lipinski definition) is 4. The second kappa shape index (κ2) is 13.6. The van der Waals surface area contributed by atoms with Crippen molar-refractivity contribution in [1.29, 1.82) is 0 Å². The number of fused-ring (bicyclic) bond motifs is 6. The number of rotatable bonds is 6. The molecule has 0 bridgehead atoms. The van der Waals surface area contributed by atoms with Gasteiger partial charge in [0.1, 0.15) is 0 Å². The molecule has 3 nitrogen and oxygen atoms in total. The van der Waals surface area contributed by atoms with Crippen molar-refractivity contribution in [3.8, 4) is 78.7 Å². The van der Waals surface area contributed by atoms with E-state index in [2.05, 4.69) is 166 Å². The van der Waals surface area contributed by atoms with Crippen LogP contribution in [-0.2, 0) is 5.41 Å². The van der Waals surface area contributed by atoms with Crippen LogP contribution in [0.4, 0.5) is 0 Å². The van der Waals surface area contributed by atoms with Gasteiger partial charge in [0.05, 0.1) is 0 Å². The third-order valence-corrected chi connectivity index (χ3v) is 13.0. The van der Waals surface area contributed by atoms with Crippen molar-refractivity contribution in [3.63, 3.8) is 0 Å². The molecule has 2 heterocycles. The minimum atomic E-state index is -0.0626. The van der Waals surface area contributed by atoms with Crippen LogP contribution in [-0.4, -0.2) is 15.0 Å². The third-order valence-electron chi connectivity index (χ3n) is 11.7. The molecule has 0 spiro atoms. The summed E-state index contributed by atoms with van der Waals surface area (Å²) in [7, 11) is 0. The Labute approximate surface area is 342 Å². The van der Waals surface area contributed by atoms with Crippen LogP contribution in [0, 0.1) is 0 Å². The fourth-order valence-electron chi connectivity index (χ4n) is 8.79. The summed E-state index contributed by atoms with van der Waals surface area (Å²) in [4.78, 5) is 15.3. The van der Waals surface area contributed by atoms with Crippen LogP contribution in [0.3, 0.4) is 0 Å². The van der Waals surface area contributed by atoms with E-state index in [1.54, 1.807) is 0 Å². The lowest BCUT2D eigenvalue weighted by molar-refractivity contribution is 0.660. The van der Waals surface area contributed by atoms with E-state index in [0.717, 1.165) is 33.4 Å². The molecular weight excluding hydrogens is 723 g/mol. The van der Waals surface area contributed by atoms with E-state index in [-0.39, 0.29) is 5.41 Å². The van der Waals surface area contributed by atoms with Crippen LogP contribution in [0.25, 0.3) is 98.8 Å². The first kappa shape index (κ1) is 34.3. The first-order valence-electron chi connectivity index (χ1n) is 19.8. The molecule has 1 aliphatic carbocycles. The normalized spacial score (nSPS) is 12.8. The van der Waals surface area contributed by atoms with Crippen LogP contribution in [0.2, 0.25) is 0 Å². The zero-order valence-corrected chi connectivity index (χ0v) is 33.0. The van der Waals surface area contributed by atoms with Gasteiger partial charge in [0, 0.05) is 42.3 Å². The van der Waals surface area contributed by atoms with E-state index in [0.29, 0.717) is 17.5 Å². The van der Waals surface area contributed by atoms with Crippen molar-refractivity contribution >= 4 is 31.5 Å². The lowest BCUT2D eigenvalue weighted by Crippen LogP contribution is -2.14. The molecule has 0 fully saturated rings. The number of hydrogen-bond donors (Lipinski definition) is 0. The number of benzene rings is 8. The van der Waals surface area contributed by atoms with Gasteiger partial charge >= 0.3 is 0 Å². The Morgan fingerprint density at radius 1 is 0.328 bits per heavy atom. The molecule has 0 saturated heterocycles. The maximum atomic E-state index is 5.14. The average molecular weight is 760 g/mol. The van der Waals surface area contributed by atoms with Gasteiger partial charge in [-0.1, -0.05) is 178 Å². The fraction of sp³-hybridized carbons (Fsp3) is 0.0556. The molecule has 0 amide bonds. The van der Waals surface area contributed by atoms with Gasteiger partial charge in [0.15, 0.2) is 17.5 Å². The van der Waals surface area contributed by atoms with Gasteiger partial charge in [-0.15, -0.1) is 11.3 Å². The van der Waals surface area contributed by atoms with Crippen molar-refractivity contribution in [2.45, 2.75) is 19.3 Å². The number of nitrogens with zero attached hydrogens (tertiary/aromatic N) is 3. The van der Waals surface area contributed by atoms with Crippen LogP contribution in [0.1, 0.15) is 25.0 Å². The van der Waals surface area contributed by atoms with Gasteiger partial charge in [-0.25, -0.2) is 15.0 Å². The summed E-state index contributed by atoms with van der Waals surface area (Å²) in [5, 5.41) is 2.54. The molecule has 0 atom stereocenters. The third kappa shape index (κ3) is 5.68. The Kier molecular flexibility index (Phi) is 8.02. The van der Waals surface area contributed by atoms with E-state index >= 15 is 0 Å². The van der Waals surface area contributed by atoms with Crippen LogP contribution < -0.4 is 0 Å². The molecule has 0 N–H and O–H groups in total. The first-order valence-corrected chi connectivity index (χ1v) is 20.6. The highest BCUT2D eigenvalue weighted by Crippen LogP contribution is 2.51. The molecule has 0 radical (unpaired) electrons. The second-order valence-electron chi connectivity index (χ2n) is 15.6. The van der Waals surface area contributed by atoms with Gasteiger partial charge in [-0.2, -0.15) is 0 Å². The minimum Gasteiger partial charge on any atom is -0.208 e. The summed E-state index contributed by atoms with van der Waals surface area (Å²) in [6.07, 6.45) is 0. The van der Waals surface area contributed by atoms with Gasteiger partial charge in [-0.05, 0) is 79.9 Å². The Hall–Kier alpha value is -7.01. The number of aromatic nitrogens is 3. The van der Waals surface area contributed by atoms with Crippen molar-refractivity contribution in [2.75, 3.05) is 0 Å². The Morgan fingerprint density at radius 2 is 0.793 bits per heavy atom. The summed E-state index contributed by atoms with van der Waals surface area (Å²) in [6.45, 7) is 4.71. The highest BCUT2D eigenvalue weighted by molar-refractivity contribution is 7.26. The summed E-state index contributed by atoms with van der Waals surface area (Å²) >= 11 is 1.89. The maximum Gasteiger partial charge on any atom is 0.164 e. The summed E-state index contributed by atoms with van der Waals surface area (Å²) in [5.74, 6) is 1.93. The van der Waals surface area contributed by atoms with Crippen molar-refractivity contribution in [1.82, 2.24) is 15.0 Å². The van der Waals surface area contributed by atoms with E-state index in [4.69, 9.17) is 15.0 Å². The SMILES string of the molecule is CC1(C)c2ccccc2-c2ccc(-c3cccc4c3sc3c(-c5cc(-c6ccccc6)cc(-c6nc(-c7ccccc7)nc(-c7ccccc7)n6)c5)cccc34)cc21. The molecule has 0 saturated carbocycles. The van der Waals surface area contributed by atoms with Crippen LogP contribution in [0.5, 0.6) is 0 Å².